The van der Waals surface area contributed by atoms with E-state index in [2.05, 4.69) is 0 Å². The molecule has 0 radical (unpaired) electrons. The number of rotatable bonds is 3. The fraction of sp³-hybridized carbons (Fsp3) is 0.571. The Bertz CT molecular complexity index is 401. The number of aliphatic hydroxyl groups is 1. The molecule has 1 nitrogen and oxygen atoms in total. The molecule has 0 saturated heterocycles. The number of benzene rings is 1. The Kier molecular flexibility index (Phi) is 4.43. The second kappa shape index (κ2) is 5.31. The van der Waals surface area contributed by atoms with Gasteiger partial charge >= 0.3 is 0 Å². The van der Waals surface area contributed by atoms with E-state index in [1.165, 1.54) is 0 Å². The summed E-state index contributed by atoms with van der Waals surface area (Å²) in [5, 5.41) is 9.90. The molecular formula is C14H19F3O. The van der Waals surface area contributed by atoms with Crippen LogP contribution in [0.2, 0.25) is 0 Å². The van der Waals surface area contributed by atoms with Crippen LogP contribution in [0, 0.1) is 28.8 Å². The van der Waals surface area contributed by atoms with E-state index < -0.39 is 29.1 Å². The number of hydrogen-bond donors (Lipinski definition) is 1. The van der Waals surface area contributed by atoms with Gasteiger partial charge in [-0.3, -0.25) is 0 Å². The van der Waals surface area contributed by atoms with Crippen molar-refractivity contribution < 1.29 is 18.3 Å². The van der Waals surface area contributed by atoms with Gasteiger partial charge in [-0.25, -0.2) is 13.2 Å². The van der Waals surface area contributed by atoms with E-state index in [4.69, 9.17) is 0 Å². The summed E-state index contributed by atoms with van der Waals surface area (Å²) in [6, 6.07) is 1.17. The van der Waals surface area contributed by atoms with Crippen molar-refractivity contribution >= 4 is 0 Å². The van der Waals surface area contributed by atoms with E-state index in [-0.39, 0.29) is 17.8 Å². The fourth-order valence-corrected chi connectivity index (χ4v) is 1.68. The molecule has 18 heavy (non-hydrogen) atoms. The van der Waals surface area contributed by atoms with Gasteiger partial charge in [0.05, 0.1) is 11.7 Å². The zero-order chi connectivity index (χ0) is 14.1. The van der Waals surface area contributed by atoms with Crippen molar-refractivity contribution in [1.29, 1.82) is 0 Å². The molecule has 0 bridgehead atoms. The van der Waals surface area contributed by atoms with Gasteiger partial charge < -0.3 is 5.11 Å². The van der Waals surface area contributed by atoms with Crippen LogP contribution in [-0.4, -0.2) is 5.11 Å². The molecule has 0 spiro atoms. The Hall–Kier alpha value is -1.03. The number of aliphatic hydroxyl groups excluding tert-OH is 1. The van der Waals surface area contributed by atoms with Gasteiger partial charge in [0.2, 0.25) is 0 Å². The minimum atomic E-state index is -1.26. The summed E-state index contributed by atoms with van der Waals surface area (Å²) in [6.07, 6.45) is -1.04. The third-order valence-electron chi connectivity index (χ3n) is 3.43. The molecule has 2 atom stereocenters. The van der Waals surface area contributed by atoms with Crippen molar-refractivity contribution in [2.24, 2.45) is 11.3 Å². The van der Waals surface area contributed by atoms with Gasteiger partial charge in [-0.05, 0) is 17.8 Å². The molecule has 0 fully saturated rings. The van der Waals surface area contributed by atoms with Crippen LogP contribution in [0.3, 0.4) is 0 Å². The normalized spacial score (nSPS) is 15.6. The lowest BCUT2D eigenvalue weighted by Crippen LogP contribution is -2.20. The standard InChI is InChI=1S/C14H19F3O/c1-8(14(2,3)4)5-12(18)13-10(16)6-9(15)7-11(13)17/h6-8,12,18H,5H2,1-4H3. The highest BCUT2D eigenvalue weighted by Crippen LogP contribution is 2.34. The maximum absolute atomic E-state index is 13.5. The molecule has 0 saturated carbocycles. The first-order valence-corrected chi connectivity index (χ1v) is 5.95. The van der Waals surface area contributed by atoms with Crippen molar-refractivity contribution in [2.75, 3.05) is 0 Å². The summed E-state index contributed by atoms with van der Waals surface area (Å²) < 4.78 is 39.7. The molecular weight excluding hydrogens is 241 g/mol. The van der Waals surface area contributed by atoms with E-state index in [0.717, 1.165) is 0 Å². The van der Waals surface area contributed by atoms with Crippen LogP contribution >= 0.6 is 0 Å². The molecule has 0 aliphatic heterocycles. The van der Waals surface area contributed by atoms with Crippen molar-refractivity contribution in [1.82, 2.24) is 0 Å². The lowest BCUT2D eigenvalue weighted by molar-refractivity contribution is 0.104. The second-order valence-electron chi connectivity index (χ2n) is 5.80. The van der Waals surface area contributed by atoms with Gasteiger partial charge in [-0.15, -0.1) is 0 Å². The average Bonchev–Trinajstić information content (AvgIpc) is 2.13. The second-order valence-corrected chi connectivity index (χ2v) is 5.80. The minimum absolute atomic E-state index is 0.0661. The largest absolute Gasteiger partial charge is 0.388 e. The first-order chi connectivity index (χ1) is 8.12. The molecule has 1 aromatic carbocycles. The molecule has 0 aliphatic rings. The summed E-state index contributed by atoms with van der Waals surface area (Å²) in [4.78, 5) is 0. The monoisotopic (exact) mass is 260 g/mol. The van der Waals surface area contributed by atoms with Gasteiger partial charge in [0.15, 0.2) is 0 Å². The highest BCUT2D eigenvalue weighted by Gasteiger charge is 2.26. The maximum Gasteiger partial charge on any atom is 0.134 e. The third-order valence-corrected chi connectivity index (χ3v) is 3.43. The number of hydrogen-bond acceptors (Lipinski definition) is 1. The molecule has 0 heterocycles. The first kappa shape index (κ1) is 15.0. The van der Waals surface area contributed by atoms with E-state index in [9.17, 15) is 18.3 Å². The molecule has 1 N–H and O–H groups in total. The van der Waals surface area contributed by atoms with Gasteiger partial charge in [0, 0.05) is 12.1 Å². The van der Waals surface area contributed by atoms with Gasteiger partial charge in [0.25, 0.3) is 0 Å². The Morgan fingerprint density at radius 3 is 1.94 bits per heavy atom. The zero-order valence-corrected chi connectivity index (χ0v) is 11.1. The van der Waals surface area contributed by atoms with Gasteiger partial charge in [-0.2, -0.15) is 0 Å². The highest BCUT2D eigenvalue weighted by molar-refractivity contribution is 5.23. The van der Waals surface area contributed by atoms with E-state index in [1.54, 1.807) is 0 Å². The Morgan fingerprint density at radius 1 is 1.11 bits per heavy atom. The molecule has 1 rings (SSSR count). The van der Waals surface area contributed by atoms with Crippen LogP contribution in [0.4, 0.5) is 13.2 Å². The topological polar surface area (TPSA) is 20.2 Å². The predicted molar refractivity (Wildman–Crippen MR) is 64.5 cm³/mol. The maximum atomic E-state index is 13.5. The average molecular weight is 260 g/mol. The van der Waals surface area contributed by atoms with Crippen molar-refractivity contribution in [3.05, 3.63) is 35.1 Å². The van der Waals surface area contributed by atoms with Gasteiger partial charge in [-0.1, -0.05) is 27.7 Å². The van der Waals surface area contributed by atoms with Crippen molar-refractivity contribution in [3.63, 3.8) is 0 Å². The molecule has 0 aliphatic carbocycles. The molecule has 1 aromatic rings. The molecule has 102 valence electrons. The van der Waals surface area contributed by atoms with Crippen LogP contribution in [0.1, 0.15) is 45.8 Å². The molecule has 0 amide bonds. The lowest BCUT2D eigenvalue weighted by atomic mass is 9.78. The van der Waals surface area contributed by atoms with Crippen molar-refractivity contribution in [2.45, 2.75) is 40.2 Å². The smallest absolute Gasteiger partial charge is 0.134 e. The number of halogens is 3. The molecule has 4 heteroatoms. The predicted octanol–water partition coefficient (Wildman–Crippen LogP) is 4.21. The summed E-state index contributed by atoms with van der Waals surface area (Å²) >= 11 is 0. The third kappa shape index (κ3) is 3.48. The van der Waals surface area contributed by atoms with Gasteiger partial charge in [0.1, 0.15) is 17.5 Å². The van der Waals surface area contributed by atoms with E-state index in [1.807, 2.05) is 27.7 Å². The van der Waals surface area contributed by atoms with Crippen LogP contribution in [0.25, 0.3) is 0 Å². The molecule has 2 unspecified atom stereocenters. The summed E-state index contributed by atoms with van der Waals surface area (Å²) in [5.41, 5.74) is -0.527. The Labute approximate surface area is 106 Å². The quantitative estimate of drug-likeness (QED) is 0.863. The van der Waals surface area contributed by atoms with Crippen LogP contribution in [0.5, 0.6) is 0 Å². The zero-order valence-electron chi connectivity index (χ0n) is 11.1. The summed E-state index contributed by atoms with van der Waals surface area (Å²) in [7, 11) is 0. The highest BCUT2D eigenvalue weighted by atomic mass is 19.1. The Morgan fingerprint density at radius 2 is 1.56 bits per heavy atom. The van der Waals surface area contributed by atoms with Crippen LogP contribution in [0.15, 0.2) is 12.1 Å². The van der Waals surface area contributed by atoms with E-state index in [0.29, 0.717) is 12.1 Å². The fourth-order valence-electron chi connectivity index (χ4n) is 1.68. The SMILES string of the molecule is CC(CC(O)c1c(F)cc(F)cc1F)C(C)(C)C. The first-order valence-electron chi connectivity index (χ1n) is 5.95. The Balaban J connectivity index is 2.95. The molecule has 0 aromatic heterocycles. The lowest BCUT2D eigenvalue weighted by Gasteiger charge is -2.29. The summed E-state index contributed by atoms with van der Waals surface area (Å²) in [6.45, 7) is 7.87. The summed E-state index contributed by atoms with van der Waals surface area (Å²) in [5.74, 6) is -3.00. The minimum Gasteiger partial charge on any atom is -0.388 e. The van der Waals surface area contributed by atoms with E-state index >= 15 is 0 Å². The van der Waals surface area contributed by atoms with Crippen LogP contribution in [-0.2, 0) is 0 Å². The van der Waals surface area contributed by atoms with Crippen molar-refractivity contribution in [3.8, 4) is 0 Å². The van der Waals surface area contributed by atoms with Crippen LogP contribution < -0.4 is 0 Å².